The number of para-hydroxylation sites is 1. The number of piperazine rings is 1. The van der Waals surface area contributed by atoms with Crippen LogP contribution in [0.2, 0.25) is 0 Å². The van der Waals surface area contributed by atoms with Gasteiger partial charge in [-0.15, -0.1) is 0 Å². The largest absolute Gasteiger partial charge is 0.368 e. The van der Waals surface area contributed by atoms with Gasteiger partial charge in [-0.2, -0.15) is 0 Å². The zero-order valence-corrected chi connectivity index (χ0v) is 14.8. The van der Waals surface area contributed by atoms with Gasteiger partial charge in [0.2, 0.25) is 5.91 Å². The van der Waals surface area contributed by atoms with Gasteiger partial charge in [-0.25, -0.2) is 4.79 Å². The third-order valence-electron chi connectivity index (χ3n) is 4.37. The minimum atomic E-state index is -0.622. The van der Waals surface area contributed by atoms with E-state index in [0.29, 0.717) is 18.8 Å². The Hall–Kier alpha value is -3.09. The van der Waals surface area contributed by atoms with Gasteiger partial charge in [0, 0.05) is 49.9 Å². The number of amides is 3. The fourth-order valence-electron chi connectivity index (χ4n) is 2.83. The number of carbonyl (C=O) groups excluding carboxylic acids is 2. The molecule has 0 aliphatic carbocycles. The summed E-state index contributed by atoms with van der Waals surface area (Å²) in [4.78, 5) is 32.5. The molecule has 7 heteroatoms. The lowest BCUT2D eigenvalue weighted by molar-refractivity contribution is -0.117. The normalized spacial score (nSPS) is 15.3. The minimum absolute atomic E-state index is 0.213. The van der Waals surface area contributed by atoms with Crippen molar-refractivity contribution >= 4 is 23.3 Å². The summed E-state index contributed by atoms with van der Waals surface area (Å²) in [6.45, 7) is 4.47. The highest BCUT2D eigenvalue weighted by Gasteiger charge is 2.24. The van der Waals surface area contributed by atoms with Crippen LogP contribution in [-0.4, -0.2) is 54.0 Å². The zero-order chi connectivity index (χ0) is 18.4. The van der Waals surface area contributed by atoms with E-state index in [1.54, 1.807) is 36.4 Å². The lowest BCUT2D eigenvalue weighted by Gasteiger charge is -2.36. The number of benzene rings is 1. The molecule has 2 aromatic rings. The molecule has 1 aliphatic rings. The number of urea groups is 1. The van der Waals surface area contributed by atoms with Crippen LogP contribution in [0.3, 0.4) is 0 Å². The SMILES string of the molecule is C[C@H](NC(=O)N1CCN(c2ccccc2)CC1)C(=O)Nc1ccncc1. The van der Waals surface area contributed by atoms with Gasteiger partial charge in [-0.3, -0.25) is 9.78 Å². The van der Waals surface area contributed by atoms with Crippen LogP contribution in [0.1, 0.15) is 6.92 Å². The van der Waals surface area contributed by atoms with Gasteiger partial charge in [0.15, 0.2) is 0 Å². The Balaban J connectivity index is 1.47. The van der Waals surface area contributed by atoms with Crippen molar-refractivity contribution in [2.45, 2.75) is 13.0 Å². The lowest BCUT2D eigenvalue weighted by atomic mass is 10.2. The quantitative estimate of drug-likeness (QED) is 0.881. The first-order chi connectivity index (χ1) is 12.6. The number of aromatic nitrogens is 1. The number of carbonyl (C=O) groups is 2. The molecule has 1 fully saturated rings. The zero-order valence-electron chi connectivity index (χ0n) is 14.8. The molecule has 0 radical (unpaired) electrons. The monoisotopic (exact) mass is 353 g/mol. The average molecular weight is 353 g/mol. The molecule has 1 aliphatic heterocycles. The molecule has 0 saturated carbocycles. The number of hydrogen-bond donors (Lipinski definition) is 2. The first-order valence-corrected chi connectivity index (χ1v) is 8.70. The van der Waals surface area contributed by atoms with Crippen molar-refractivity contribution in [1.29, 1.82) is 0 Å². The van der Waals surface area contributed by atoms with E-state index in [1.165, 1.54) is 0 Å². The van der Waals surface area contributed by atoms with Crippen molar-refractivity contribution in [1.82, 2.24) is 15.2 Å². The Morgan fingerprint density at radius 3 is 2.31 bits per heavy atom. The molecular weight excluding hydrogens is 330 g/mol. The number of hydrogen-bond acceptors (Lipinski definition) is 4. The molecule has 3 amide bonds. The molecule has 0 bridgehead atoms. The second-order valence-electron chi connectivity index (χ2n) is 6.21. The Bertz CT molecular complexity index is 730. The van der Waals surface area contributed by atoms with Crippen LogP contribution in [0.15, 0.2) is 54.9 Å². The first kappa shape index (κ1) is 17.7. The van der Waals surface area contributed by atoms with Crippen molar-refractivity contribution < 1.29 is 9.59 Å². The van der Waals surface area contributed by atoms with Crippen LogP contribution in [0.25, 0.3) is 0 Å². The fourth-order valence-corrected chi connectivity index (χ4v) is 2.83. The van der Waals surface area contributed by atoms with E-state index in [1.807, 2.05) is 18.2 Å². The van der Waals surface area contributed by atoms with Crippen LogP contribution in [0.5, 0.6) is 0 Å². The summed E-state index contributed by atoms with van der Waals surface area (Å²) in [6.07, 6.45) is 3.20. The molecule has 2 heterocycles. The molecule has 1 atom stereocenters. The van der Waals surface area contributed by atoms with E-state index >= 15 is 0 Å². The van der Waals surface area contributed by atoms with Gasteiger partial charge in [0.25, 0.3) is 0 Å². The third kappa shape index (κ3) is 4.50. The number of nitrogens with one attached hydrogen (secondary N) is 2. The molecule has 2 N–H and O–H groups in total. The predicted molar refractivity (Wildman–Crippen MR) is 101 cm³/mol. The number of nitrogens with zero attached hydrogens (tertiary/aromatic N) is 3. The van der Waals surface area contributed by atoms with Crippen LogP contribution < -0.4 is 15.5 Å². The molecule has 1 aromatic heterocycles. The molecule has 0 spiro atoms. The van der Waals surface area contributed by atoms with E-state index in [9.17, 15) is 9.59 Å². The van der Waals surface area contributed by atoms with Crippen LogP contribution in [-0.2, 0) is 4.79 Å². The molecule has 3 rings (SSSR count). The van der Waals surface area contributed by atoms with Gasteiger partial charge in [0.1, 0.15) is 6.04 Å². The Labute approximate surface area is 153 Å². The predicted octanol–water partition coefficient (Wildman–Crippen LogP) is 1.94. The maximum atomic E-state index is 12.4. The van der Waals surface area contributed by atoms with Crippen LogP contribution in [0.4, 0.5) is 16.2 Å². The second kappa shape index (κ2) is 8.33. The molecule has 1 aromatic carbocycles. The van der Waals surface area contributed by atoms with Crippen molar-refractivity contribution in [3.8, 4) is 0 Å². The minimum Gasteiger partial charge on any atom is -0.368 e. The average Bonchev–Trinajstić information content (AvgIpc) is 2.69. The maximum Gasteiger partial charge on any atom is 0.318 e. The number of rotatable bonds is 4. The third-order valence-corrected chi connectivity index (χ3v) is 4.37. The smallest absolute Gasteiger partial charge is 0.318 e. The highest BCUT2D eigenvalue weighted by atomic mass is 16.2. The standard InChI is InChI=1S/C19H23N5O2/c1-15(18(25)22-16-7-9-20-10-8-16)21-19(26)24-13-11-23(12-14-24)17-5-3-2-4-6-17/h2-10,15H,11-14H2,1H3,(H,21,26)(H,20,22,25)/t15-/m0/s1. The Morgan fingerprint density at radius 1 is 1.00 bits per heavy atom. The molecule has 1 saturated heterocycles. The van der Waals surface area contributed by atoms with E-state index in [2.05, 4.69) is 32.7 Å². The Kier molecular flexibility index (Phi) is 5.68. The maximum absolute atomic E-state index is 12.4. The second-order valence-corrected chi connectivity index (χ2v) is 6.21. The van der Waals surface area contributed by atoms with Gasteiger partial charge in [-0.05, 0) is 31.2 Å². The summed E-state index contributed by atoms with van der Waals surface area (Å²) in [7, 11) is 0. The molecular formula is C19H23N5O2. The van der Waals surface area contributed by atoms with E-state index in [-0.39, 0.29) is 11.9 Å². The highest BCUT2D eigenvalue weighted by Crippen LogP contribution is 2.15. The number of pyridine rings is 1. The van der Waals surface area contributed by atoms with Gasteiger partial charge < -0.3 is 20.4 Å². The molecule has 26 heavy (non-hydrogen) atoms. The summed E-state index contributed by atoms with van der Waals surface area (Å²) in [6, 6.07) is 12.7. The summed E-state index contributed by atoms with van der Waals surface area (Å²) < 4.78 is 0. The van der Waals surface area contributed by atoms with Crippen molar-refractivity contribution in [3.05, 3.63) is 54.9 Å². The van der Waals surface area contributed by atoms with Crippen LogP contribution in [0, 0.1) is 0 Å². The summed E-state index contributed by atoms with van der Waals surface area (Å²) in [5.74, 6) is -0.257. The van der Waals surface area contributed by atoms with Gasteiger partial charge in [-0.1, -0.05) is 18.2 Å². The highest BCUT2D eigenvalue weighted by molar-refractivity contribution is 5.96. The molecule has 136 valence electrons. The van der Waals surface area contributed by atoms with E-state index in [0.717, 1.165) is 18.8 Å². The lowest BCUT2D eigenvalue weighted by Crippen LogP contribution is -2.54. The van der Waals surface area contributed by atoms with Gasteiger partial charge in [0.05, 0.1) is 0 Å². The van der Waals surface area contributed by atoms with E-state index < -0.39 is 6.04 Å². The fraction of sp³-hybridized carbons (Fsp3) is 0.316. The summed E-state index contributed by atoms with van der Waals surface area (Å²) >= 11 is 0. The first-order valence-electron chi connectivity index (χ1n) is 8.70. The van der Waals surface area contributed by atoms with Crippen molar-refractivity contribution in [2.75, 3.05) is 36.4 Å². The van der Waals surface area contributed by atoms with Crippen molar-refractivity contribution in [3.63, 3.8) is 0 Å². The summed E-state index contributed by atoms with van der Waals surface area (Å²) in [5.41, 5.74) is 1.82. The van der Waals surface area contributed by atoms with Crippen molar-refractivity contribution in [2.24, 2.45) is 0 Å². The molecule has 0 unspecified atom stereocenters. The number of anilines is 2. The van der Waals surface area contributed by atoms with Crippen LogP contribution >= 0.6 is 0 Å². The summed E-state index contributed by atoms with van der Waals surface area (Å²) in [5, 5.41) is 5.52. The van der Waals surface area contributed by atoms with Gasteiger partial charge >= 0.3 is 6.03 Å². The molecule has 7 nitrogen and oxygen atoms in total. The van der Waals surface area contributed by atoms with E-state index in [4.69, 9.17) is 0 Å². The topological polar surface area (TPSA) is 77.6 Å². The Morgan fingerprint density at radius 2 is 1.65 bits per heavy atom.